The highest BCUT2D eigenvalue weighted by Gasteiger charge is 2.51. The molecule has 0 saturated heterocycles. The number of aliphatic hydroxyl groups is 1. The zero-order valence-corrected chi connectivity index (χ0v) is 15.4. The van der Waals surface area contributed by atoms with Crippen molar-refractivity contribution in [3.63, 3.8) is 0 Å². The third kappa shape index (κ3) is 3.33. The lowest BCUT2D eigenvalue weighted by atomic mass is 9.49. The molecule has 4 saturated carbocycles. The number of amides is 1. The van der Waals surface area contributed by atoms with Gasteiger partial charge >= 0.3 is 0 Å². The summed E-state index contributed by atoms with van der Waals surface area (Å²) >= 11 is 5.89. The minimum Gasteiger partial charge on any atom is -0.396 e. The molecule has 0 aromatic rings. The summed E-state index contributed by atoms with van der Waals surface area (Å²) in [5.74, 6) is 2.58. The molecule has 4 fully saturated rings. The van der Waals surface area contributed by atoms with E-state index in [-0.39, 0.29) is 12.5 Å². The van der Waals surface area contributed by atoms with Crippen molar-refractivity contribution in [1.29, 1.82) is 0 Å². The summed E-state index contributed by atoms with van der Waals surface area (Å²) in [6.07, 6.45) is 12.3. The second-order valence-electron chi connectivity index (χ2n) is 8.77. The van der Waals surface area contributed by atoms with Gasteiger partial charge in [0.05, 0.1) is 0 Å². The van der Waals surface area contributed by atoms with Crippen LogP contribution in [0, 0.1) is 23.2 Å². The Morgan fingerprint density at radius 1 is 1.28 bits per heavy atom. The van der Waals surface area contributed by atoms with E-state index in [1.807, 2.05) is 0 Å². The number of hydrogen-bond donors (Lipinski definition) is 3. The lowest BCUT2D eigenvalue weighted by Crippen LogP contribution is -2.60. The summed E-state index contributed by atoms with van der Waals surface area (Å²) in [4.78, 5) is 17.1. The maximum atomic E-state index is 13.0. The van der Waals surface area contributed by atoms with Gasteiger partial charge in [0.1, 0.15) is 5.16 Å². The van der Waals surface area contributed by atoms with Crippen LogP contribution in [0.5, 0.6) is 0 Å². The van der Waals surface area contributed by atoms with Crippen molar-refractivity contribution in [2.24, 2.45) is 28.2 Å². The van der Waals surface area contributed by atoms with Crippen LogP contribution in [-0.2, 0) is 4.79 Å². The van der Waals surface area contributed by atoms with Crippen LogP contribution >= 0.6 is 11.6 Å². The van der Waals surface area contributed by atoms with Crippen molar-refractivity contribution in [2.75, 3.05) is 13.2 Å². The minimum atomic E-state index is -0.899. The summed E-state index contributed by atoms with van der Waals surface area (Å²) in [6, 6.07) is 0. The number of carbonyl (C=O) groups excluding carboxylic acids is 1. The van der Waals surface area contributed by atoms with Gasteiger partial charge in [-0.1, -0.05) is 11.6 Å². The van der Waals surface area contributed by atoms with Crippen LogP contribution in [0.2, 0.25) is 0 Å². The van der Waals surface area contributed by atoms with E-state index in [2.05, 4.69) is 15.6 Å². The zero-order chi connectivity index (χ0) is 17.5. The van der Waals surface area contributed by atoms with E-state index < -0.39 is 5.54 Å². The van der Waals surface area contributed by atoms with Gasteiger partial charge in [-0.2, -0.15) is 0 Å². The first-order valence-electron chi connectivity index (χ1n) is 9.60. The van der Waals surface area contributed by atoms with E-state index in [1.165, 1.54) is 38.5 Å². The molecular weight excluding hydrogens is 338 g/mol. The number of aliphatic imine (C=N–C) groups is 1. The molecule has 1 atom stereocenters. The number of halogens is 1. The molecule has 5 nitrogen and oxygen atoms in total. The van der Waals surface area contributed by atoms with E-state index in [9.17, 15) is 9.90 Å². The first-order valence-corrected chi connectivity index (χ1v) is 9.98. The van der Waals surface area contributed by atoms with Gasteiger partial charge < -0.3 is 15.7 Å². The molecular formula is C19H28ClN3O2. The Hall–Kier alpha value is -1.07. The van der Waals surface area contributed by atoms with Gasteiger partial charge in [-0.05, 0) is 74.5 Å². The topological polar surface area (TPSA) is 73.7 Å². The first kappa shape index (κ1) is 17.3. The Morgan fingerprint density at radius 3 is 2.44 bits per heavy atom. The van der Waals surface area contributed by atoms with Crippen molar-refractivity contribution in [2.45, 2.75) is 56.9 Å². The summed E-state index contributed by atoms with van der Waals surface area (Å²) in [5.41, 5.74) is -0.592. The van der Waals surface area contributed by atoms with Gasteiger partial charge in [-0.25, -0.2) is 4.99 Å². The van der Waals surface area contributed by atoms with Crippen LogP contribution in [0.25, 0.3) is 0 Å². The smallest absolute Gasteiger partial charge is 0.251 e. The lowest BCUT2D eigenvalue weighted by Gasteiger charge is -2.57. The van der Waals surface area contributed by atoms with Crippen molar-refractivity contribution in [3.05, 3.63) is 11.4 Å². The molecule has 5 aliphatic rings. The largest absolute Gasteiger partial charge is 0.396 e. The van der Waals surface area contributed by atoms with Gasteiger partial charge in [-0.15, -0.1) is 0 Å². The van der Waals surface area contributed by atoms with Crippen LogP contribution in [0.3, 0.4) is 0 Å². The Labute approximate surface area is 154 Å². The molecule has 1 amide bonds. The third-order valence-corrected chi connectivity index (χ3v) is 6.99. The molecule has 3 N–H and O–H groups in total. The average Bonchev–Trinajstić information content (AvgIpc) is 2.58. The maximum absolute atomic E-state index is 13.0. The predicted molar refractivity (Wildman–Crippen MR) is 98.2 cm³/mol. The molecule has 1 aliphatic heterocycles. The molecule has 0 aromatic carbocycles. The summed E-state index contributed by atoms with van der Waals surface area (Å²) < 4.78 is 0. The van der Waals surface area contributed by atoms with E-state index in [1.54, 1.807) is 12.4 Å². The second-order valence-corrected chi connectivity index (χ2v) is 9.16. The normalized spacial score (nSPS) is 41.4. The van der Waals surface area contributed by atoms with Crippen molar-refractivity contribution in [3.8, 4) is 0 Å². The van der Waals surface area contributed by atoms with Crippen molar-refractivity contribution in [1.82, 2.24) is 10.6 Å². The SMILES string of the molecule is O=C(NCC12CC3CC(CC(C3)C1)C2)C1(CCCO)C=NC(Cl)=CN1. The van der Waals surface area contributed by atoms with E-state index >= 15 is 0 Å². The average molecular weight is 366 g/mol. The van der Waals surface area contributed by atoms with E-state index in [4.69, 9.17) is 11.6 Å². The Bertz CT molecular complexity index is 568. The molecule has 25 heavy (non-hydrogen) atoms. The standard InChI is InChI=1S/C19H28ClN3O2/c20-16-10-23-19(12-21-16,2-1-3-24)17(25)22-11-18-7-13-4-14(8-18)6-15(5-13)9-18/h10,12-15,23-24H,1-9,11H2,(H,22,25). The minimum absolute atomic E-state index is 0.0526. The molecule has 1 heterocycles. The number of carbonyl (C=O) groups is 1. The molecule has 0 aromatic heterocycles. The third-order valence-electron chi connectivity index (χ3n) is 6.78. The highest BCUT2D eigenvalue weighted by atomic mass is 35.5. The summed E-state index contributed by atoms with van der Waals surface area (Å²) in [7, 11) is 0. The zero-order valence-electron chi connectivity index (χ0n) is 14.6. The van der Waals surface area contributed by atoms with Gasteiger partial charge in [0, 0.05) is 25.6 Å². The molecule has 1 unspecified atom stereocenters. The molecule has 4 aliphatic carbocycles. The van der Waals surface area contributed by atoms with Crippen molar-refractivity contribution >= 4 is 23.7 Å². The maximum Gasteiger partial charge on any atom is 0.251 e. The van der Waals surface area contributed by atoms with Crippen LogP contribution in [0.1, 0.15) is 51.4 Å². The summed E-state index contributed by atoms with van der Waals surface area (Å²) in [5, 5.41) is 15.9. The molecule has 0 radical (unpaired) electrons. The number of hydrogen-bond acceptors (Lipinski definition) is 4. The van der Waals surface area contributed by atoms with Gasteiger partial charge in [0.15, 0.2) is 5.54 Å². The molecule has 6 heteroatoms. The van der Waals surface area contributed by atoms with Crippen LogP contribution in [0.4, 0.5) is 0 Å². The Kier molecular flexibility index (Phi) is 4.57. The quantitative estimate of drug-likeness (QED) is 0.633. The summed E-state index contributed by atoms with van der Waals surface area (Å²) in [6.45, 7) is 0.820. The molecule has 5 rings (SSSR count). The fourth-order valence-corrected chi connectivity index (χ4v) is 6.20. The van der Waals surface area contributed by atoms with E-state index in [0.29, 0.717) is 23.4 Å². The first-order chi connectivity index (χ1) is 12.0. The number of rotatable bonds is 6. The van der Waals surface area contributed by atoms with E-state index in [0.717, 1.165) is 24.3 Å². The fraction of sp³-hybridized carbons (Fsp3) is 0.789. The predicted octanol–water partition coefficient (Wildman–Crippen LogP) is 2.54. The van der Waals surface area contributed by atoms with Crippen LogP contribution in [-0.4, -0.2) is 35.9 Å². The molecule has 0 spiro atoms. The van der Waals surface area contributed by atoms with Crippen LogP contribution < -0.4 is 10.6 Å². The lowest BCUT2D eigenvalue weighted by molar-refractivity contribution is -0.127. The molecule has 138 valence electrons. The van der Waals surface area contributed by atoms with Crippen LogP contribution in [0.15, 0.2) is 16.3 Å². The molecule has 4 bridgehead atoms. The Balaban J connectivity index is 1.43. The number of nitrogens with zero attached hydrogens (tertiary/aromatic N) is 1. The highest BCUT2D eigenvalue weighted by Crippen LogP contribution is 2.59. The van der Waals surface area contributed by atoms with Crippen molar-refractivity contribution < 1.29 is 9.90 Å². The highest BCUT2D eigenvalue weighted by molar-refractivity contribution is 6.30. The van der Waals surface area contributed by atoms with Gasteiger partial charge in [0.2, 0.25) is 0 Å². The van der Waals surface area contributed by atoms with Gasteiger partial charge in [-0.3, -0.25) is 4.79 Å². The monoisotopic (exact) mass is 365 g/mol. The fourth-order valence-electron chi connectivity index (χ4n) is 6.10. The number of aliphatic hydroxyl groups excluding tert-OH is 1. The second kappa shape index (κ2) is 6.58. The Morgan fingerprint density at radius 2 is 1.92 bits per heavy atom. The number of nitrogens with one attached hydrogen (secondary N) is 2. The van der Waals surface area contributed by atoms with Gasteiger partial charge in [0.25, 0.3) is 5.91 Å².